The Morgan fingerprint density at radius 3 is 2.82 bits per heavy atom. The quantitative estimate of drug-likeness (QED) is 0.812. The summed E-state index contributed by atoms with van der Waals surface area (Å²) >= 11 is 5.19. The lowest BCUT2D eigenvalue weighted by molar-refractivity contribution is 0.0601. The van der Waals surface area contributed by atoms with E-state index >= 15 is 0 Å². The van der Waals surface area contributed by atoms with E-state index < -0.39 is 0 Å². The zero-order valence-electron chi connectivity index (χ0n) is 9.45. The van der Waals surface area contributed by atoms with E-state index in [2.05, 4.69) is 15.9 Å². The molecule has 5 heteroatoms. The van der Waals surface area contributed by atoms with Gasteiger partial charge < -0.3 is 9.47 Å². The number of benzene rings is 1. The molecule has 17 heavy (non-hydrogen) atoms. The van der Waals surface area contributed by atoms with Crippen molar-refractivity contribution in [2.75, 3.05) is 14.2 Å². The van der Waals surface area contributed by atoms with E-state index in [0.717, 1.165) is 19.4 Å². The van der Waals surface area contributed by atoms with Crippen molar-refractivity contribution in [3.05, 3.63) is 33.1 Å². The molecule has 1 heterocycles. The smallest absolute Gasteiger partial charge is 0.337 e. The number of ether oxygens (including phenoxy) is 2. The number of hydrogen-bond acceptors (Lipinski definition) is 4. The van der Waals surface area contributed by atoms with Gasteiger partial charge >= 0.3 is 5.97 Å². The van der Waals surface area contributed by atoms with Crippen LogP contribution in [0.15, 0.2) is 22.7 Å². The number of fused-ring (bicyclic) bond motifs is 1. The van der Waals surface area contributed by atoms with Gasteiger partial charge in [-0.05, 0) is 34.1 Å². The Balaban J connectivity index is 2.53. The third kappa shape index (κ3) is 2.36. The van der Waals surface area contributed by atoms with Crippen LogP contribution in [-0.4, -0.2) is 20.2 Å². The molecule has 90 valence electrons. The van der Waals surface area contributed by atoms with Crippen molar-refractivity contribution < 1.29 is 14.3 Å². The Bertz CT molecular complexity index is 562. The number of esters is 1. The number of hydrogen-bond donors (Lipinski definition) is 0. The Morgan fingerprint density at radius 2 is 2.18 bits per heavy atom. The fourth-order valence-corrected chi connectivity index (χ4v) is 3.45. The van der Waals surface area contributed by atoms with Crippen molar-refractivity contribution in [3.8, 4) is 0 Å². The molecule has 0 radical (unpaired) electrons. The fraction of sp³-hybridized carbons (Fsp3) is 0.250. The highest BCUT2D eigenvalue weighted by Gasteiger charge is 2.12. The second kappa shape index (κ2) is 5.16. The first-order valence-electron chi connectivity index (χ1n) is 4.95. The fourth-order valence-electron chi connectivity index (χ4n) is 1.59. The van der Waals surface area contributed by atoms with Gasteiger partial charge in [0.2, 0.25) is 0 Å². The van der Waals surface area contributed by atoms with E-state index in [-0.39, 0.29) is 5.97 Å². The van der Waals surface area contributed by atoms with E-state index in [1.165, 1.54) is 7.11 Å². The van der Waals surface area contributed by atoms with Gasteiger partial charge in [-0.15, -0.1) is 11.3 Å². The zero-order chi connectivity index (χ0) is 12.4. The maximum Gasteiger partial charge on any atom is 0.337 e. The van der Waals surface area contributed by atoms with Crippen LogP contribution in [-0.2, 0) is 16.1 Å². The third-order valence-electron chi connectivity index (χ3n) is 2.39. The molecule has 0 bridgehead atoms. The lowest BCUT2D eigenvalue weighted by Gasteiger charge is -1.99. The maximum absolute atomic E-state index is 11.4. The van der Waals surface area contributed by atoms with Crippen molar-refractivity contribution in [1.29, 1.82) is 0 Å². The van der Waals surface area contributed by atoms with Gasteiger partial charge in [-0.1, -0.05) is 0 Å². The summed E-state index contributed by atoms with van der Waals surface area (Å²) in [4.78, 5) is 12.6. The molecule has 0 aliphatic rings. The summed E-state index contributed by atoms with van der Waals surface area (Å²) < 4.78 is 11.9. The third-order valence-corrected chi connectivity index (χ3v) is 4.70. The molecular formula is C12H11BrO3S. The number of methoxy groups -OCH3 is 2. The van der Waals surface area contributed by atoms with Crippen LogP contribution in [0, 0.1) is 0 Å². The van der Waals surface area contributed by atoms with Crippen LogP contribution < -0.4 is 0 Å². The molecule has 0 fully saturated rings. The Labute approximate surface area is 111 Å². The standard InChI is InChI=1S/C12H11BrO3S/c1-15-6-10-11(13)8-5-7(12(14)16-2)3-4-9(8)17-10/h3-5H,6H2,1-2H3. The lowest BCUT2D eigenvalue weighted by atomic mass is 10.1. The first-order valence-corrected chi connectivity index (χ1v) is 6.56. The molecule has 1 aromatic carbocycles. The van der Waals surface area contributed by atoms with Gasteiger partial charge in [0.05, 0.1) is 19.3 Å². The normalized spacial score (nSPS) is 10.8. The van der Waals surface area contributed by atoms with Crippen molar-refractivity contribution in [3.63, 3.8) is 0 Å². The Hall–Kier alpha value is -0.910. The van der Waals surface area contributed by atoms with E-state index in [0.29, 0.717) is 12.2 Å². The van der Waals surface area contributed by atoms with Crippen LogP contribution in [0.2, 0.25) is 0 Å². The molecule has 2 rings (SSSR count). The molecule has 1 aromatic heterocycles. The van der Waals surface area contributed by atoms with Crippen LogP contribution in [0.4, 0.5) is 0 Å². The lowest BCUT2D eigenvalue weighted by Crippen LogP contribution is -2.00. The minimum atomic E-state index is -0.321. The molecule has 0 unspecified atom stereocenters. The average molecular weight is 315 g/mol. The highest BCUT2D eigenvalue weighted by atomic mass is 79.9. The van der Waals surface area contributed by atoms with Crippen LogP contribution in [0.3, 0.4) is 0 Å². The largest absolute Gasteiger partial charge is 0.465 e. The SMILES string of the molecule is COCc1sc2ccc(C(=O)OC)cc2c1Br. The van der Waals surface area contributed by atoms with Crippen molar-refractivity contribution in [2.45, 2.75) is 6.61 Å². The number of carbonyl (C=O) groups is 1. The minimum Gasteiger partial charge on any atom is -0.465 e. The molecule has 2 aromatic rings. The molecule has 0 spiro atoms. The van der Waals surface area contributed by atoms with Gasteiger partial charge in [-0.2, -0.15) is 0 Å². The van der Waals surface area contributed by atoms with Gasteiger partial charge in [0.1, 0.15) is 0 Å². The van der Waals surface area contributed by atoms with Crippen LogP contribution >= 0.6 is 27.3 Å². The first kappa shape index (κ1) is 12.5. The summed E-state index contributed by atoms with van der Waals surface area (Å²) in [6.45, 7) is 0.563. The topological polar surface area (TPSA) is 35.5 Å². The van der Waals surface area contributed by atoms with E-state index in [4.69, 9.17) is 9.47 Å². The second-order valence-electron chi connectivity index (χ2n) is 3.47. The summed E-state index contributed by atoms with van der Waals surface area (Å²) in [5.74, 6) is -0.321. The van der Waals surface area contributed by atoms with Crippen LogP contribution in [0.1, 0.15) is 15.2 Å². The van der Waals surface area contributed by atoms with E-state index in [1.807, 2.05) is 12.1 Å². The number of rotatable bonds is 3. The molecule has 0 saturated carbocycles. The summed E-state index contributed by atoms with van der Waals surface area (Å²) in [5.41, 5.74) is 0.558. The van der Waals surface area contributed by atoms with Gasteiger partial charge in [0.15, 0.2) is 0 Å². The van der Waals surface area contributed by atoms with Gasteiger partial charge in [0, 0.05) is 26.5 Å². The van der Waals surface area contributed by atoms with Gasteiger partial charge in [-0.25, -0.2) is 4.79 Å². The molecule has 0 saturated heterocycles. The van der Waals surface area contributed by atoms with Crippen molar-refractivity contribution in [2.24, 2.45) is 0 Å². The van der Waals surface area contributed by atoms with Crippen molar-refractivity contribution >= 4 is 43.3 Å². The highest BCUT2D eigenvalue weighted by Crippen LogP contribution is 2.36. The Kier molecular flexibility index (Phi) is 3.81. The predicted molar refractivity (Wildman–Crippen MR) is 71.6 cm³/mol. The first-order chi connectivity index (χ1) is 8.17. The van der Waals surface area contributed by atoms with Crippen molar-refractivity contribution in [1.82, 2.24) is 0 Å². The monoisotopic (exact) mass is 314 g/mol. The second-order valence-corrected chi connectivity index (χ2v) is 5.40. The van der Waals surface area contributed by atoms with Gasteiger partial charge in [-0.3, -0.25) is 0 Å². The summed E-state index contributed by atoms with van der Waals surface area (Å²) in [6, 6.07) is 5.53. The molecule has 0 aliphatic heterocycles. The molecule has 0 N–H and O–H groups in total. The number of carbonyl (C=O) groups excluding carboxylic acids is 1. The molecule has 0 amide bonds. The summed E-state index contributed by atoms with van der Waals surface area (Å²) in [5, 5.41) is 1.02. The number of halogens is 1. The summed E-state index contributed by atoms with van der Waals surface area (Å²) in [6.07, 6.45) is 0. The highest BCUT2D eigenvalue weighted by molar-refractivity contribution is 9.10. The van der Waals surface area contributed by atoms with E-state index in [1.54, 1.807) is 24.5 Å². The number of thiophene rings is 1. The minimum absolute atomic E-state index is 0.321. The maximum atomic E-state index is 11.4. The van der Waals surface area contributed by atoms with Gasteiger partial charge in [0.25, 0.3) is 0 Å². The zero-order valence-corrected chi connectivity index (χ0v) is 11.9. The average Bonchev–Trinajstić information content (AvgIpc) is 2.66. The van der Waals surface area contributed by atoms with Crippen LogP contribution in [0.5, 0.6) is 0 Å². The molecular weight excluding hydrogens is 304 g/mol. The molecule has 0 atom stereocenters. The Morgan fingerprint density at radius 1 is 1.41 bits per heavy atom. The molecule has 3 nitrogen and oxygen atoms in total. The predicted octanol–water partition coefficient (Wildman–Crippen LogP) is 3.60. The van der Waals surface area contributed by atoms with E-state index in [9.17, 15) is 4.79 Å². The summed E-state index contributed by atoms with van der Waals surface area (Å²) in [7, 11) is 3.04. The van der Waals surface area contributed by atoms with Crippen LogP contribution in [0.25, 0.3) is 10.1 Å². The molecule has 0 aliphatic carbocycles.